The maximum atomic E-state index is 5.91. The molecule has 1 fully saturated rings. The molecule has 0 spiro atoms. The van der Waals surface area contributed by atoms with Crippen molar-refractivity contribution in [1.29, 1.82) is 0 Å². The van der Waals surface area contributed by atoms with Crippen molar-refractivity contribution >= 4 is 11.6 Å². The Morgan fingerprint density at radius 2 is 2.33 bits per heavy atom. The smallest absolute Gasteiger partial charge is 0.134 e. The van der Waals surface area contributed by atoms with E-state index >= 15 is 0 Å². The van der Waals surface area contributed by atoms with E-state index in [1.54, 1.807) is 6.33 Å². The number of nitrogens with two attached hydrogens (primary N) is 1. The lowest BCUT2D eigenvalue weighted by atomic mass is 10.3. The largest absolute Gasteiger partial charge is 0.369 e. The SMILES string of the molecule is CN(C)CCNc1cc(N2CCC(N)C2)ncn1. The Morgan fingerprint density at radius 1 is 1.50 bits per heavy atom. The van der Waals surface area contributed by atoms with Gasteiger partial charge in [-0.15, -0.1) is 0 Å². The summed E-state index contributed by atoms with van der Waals surface area (Å²) >= 11 is 0. The van der Waals surface area contributed by atoms with Gasteiger partial charge < -0.3 is 20.9 Å². The van der Waals surface area contributed by atoms with Crippen LogP contribution in [0, 0.1) is 0 Å². The first-order chi connectivity index (χ1) is 8.65. The number of nitrogens with one attached hydrogen (secondary N) is 1. The molecule has 1 aliphatic rings. The van der Waals surface area contributed by atoms with Gasteiger partial charge in [-0.2, -0.15) is 0 Å². The second-order valence-electron chi connectivity index (χ2n) is 4.99. The van der Waals surface area contributed by atoms with Gasteiger partial charge in [-0.3, -0.25) is 0 Å². The number of hydrogen-bond donors (Lipinski definition) is 2. The zero-order chi connectivity index (χ0) is 13.0. The number of likely N-dealkylation sites (N-methyl/N-ethyl adjacent to an activating group) is 1. The molecule has 18 heavy (non-hydrogen) atoms. The van der Waals surface area contributed by atoms with E-state index in [-0.39, 0.29) is 6.04 Å². The fourth-order valence-corrected chi connectivity index (χ4v) is 2.02. The van der Waals surface area contributed by atoms with Crippen LogP contribution in [-0.2, 0) is 0 Å². The molecule has 100 valence electrons. The molecule has 1 saturated heterocycles. The van der Waals surface area contributed by atoms with Crippen LogP contribution in [0.3, 0.4) is 0 Å². The van der Waals surface area contributed by atoms with Crippen molar-refractivity contribution in [2.45, 2.75) is 12.5 Å². The summed E-state index contributed by atoms with van der Waals surface area (Å²) in [5.41, 5.74) is 5.91. The van der Waals surface area contributed by atoms with E-state index in [1.807, 2.05) is 6.07 Å². The molecule has 1 aliphatic heterocycles. The number of anilines is 2. The van der Waals surface area contributed by atoms with Crippen LogP contribution in [0.15, 0.2) is 12.4 Å². The lowest BCUT2D eigenvalue weighted by molar-refractivity contribution is 0.425. The van der Waals surface area contributed by atoms with Gasteiger partial charge in [0.2, 0.25) is 0 Å². The lowest BCUT2D eigenvalue weighted by Gasteiger charge is -2.17. The van der Waals surface area contributed by atoms with Crippen LogP contribution >= 0.6 is 0 Å². The molecule has 3 N–H and O–H groups in total. The molecule has 0 radical (unpaired) electrons. The molecule has 1 aromatic rings. The van der Waals surface area contributed by atoms with Crippen LogP contribution in [0.2, 0.25) is 0 Å². The first-order valence-electron chi connectivity index (χ1n) is 6.36. The summed E-state index contributed by atoms with van der Waals surface area (Å²) < 4.78 is 0. The average molecular weight is 250 g/mol. The van der Waals surface area contributed by atoms with Gasteiger partial charge in [-0.1, -0.05) is 0 Å². The fourth-order valence-electron chi connectivity index (χ4n) is 2.02. The predicted molar refractivity (Wildman–Crippen MR) is 73.9 cm³/mol. The predicted octanol–water partition coefficient (Wildman–Crippen LogP) is -0.0125. The summed E-state index contributed by atoms with van der Waals surface area (Å²) in [6, 6.07) is 2.26. The molecule has 1 aromatic heterocycles. The molecule has 0 bridgehead atoms. The Bertz CT molecular complexity index is 381. The molecule has 0 aromatic carbocycles. The second kappa shape index (κ2) is 5.97. The van der Waals surface area contributed by atoms with E-state index in [0.29, 0.717) is 0 Å². The van der Waals surface area contributed by atoms with Gasteiger partial charge in [0.15, 0.2) is 0 Å². The third kappa shape index (κ3) is 3.54. The number of nitrogens with zero attached hydrogens (tertiary/aromatic N) is 4. The highest BCUT2D eigenvalue weighted by molar-refractivity contribution is 5.49. The van der Waals surface area contributed by atoms with E-state index in [0.717, 1.165) is 44.2 Å². The molecule has 2 heterocycles. The lowest BCUT2D eigenvalue weighted by Crippen LogP contribution is -2.27. The first-order valence-corrected chi connectivity index (χ1v) is 6.36. The summed E-state index contributed by atoms with van der Waals surface area (Å²) in [5, 5.41) is 3.30. The van der Waals surface area contributed by atoms with Crippen molar-refractivity contribution in [3.05, 3.63) is 12.4 Å². The molecule has 6 nitrogen and oxygen atoms in total. The van der Waals surface area contributed by atoms with Gasteiger partial charge >= 0.3 is 0 Å². The normalized spacial score (nSPS) is 19.6. The molecule has 1 unspecified atom stereocenters. The highest BCUT2D eigenvalue weighted by Crippen LogP contribution is 2.18. The van der Waals surface area contributed by atoms with Gasteiger partial charge in [-0.05, 0) is 20.5 Å². The minimum Gasteiger partial charge on any atom is -0.369 e. The van der Waals surface area contributed by atoms with E-state index in [4.69, 9.17) is 5.73 Å². The van der Waals surface area contributed by atoms with Gasteiger partial charge in [0, 0.05) is 38.3 Å². The third-order valence-electron chi connectivity index (χ3n) is 3.07. The average Bonchev–Trinajstić information content (AvgIpc) is 2.76. The highest BCUT2D eigenvalue weighted by atomic mass is 15.2. The number of aromatic nitrogens is 2. The zero-order valence-electron chi connectivity index (χ0n) is 11.1. The molecule has 0 saturated carbocycles. The Labute approximate surface area is 108 Å². The maximum Gasteiger partial charge on any atom is 0.134 e. The van der Waals surface area contributed by atoms with Gasteiger partial charge in [-0.25, -0.2) is 9.97 Å². The van der Waals surface area contributed by atoms with Crippen molar-refractivity contribution in [3.63, 3.8) is 0 Å². The van der Waals surface area contributed by atoms with Crippen LogP contribution in [0.5, 0.6) is 0 Å². The van der Waals surface area contributed by atoms with Crippen LogP contribution in [0.4, 0.5) is 11.6 Å². The first kappa shape index (κ1) is 13.0. The topological polar surface area (TPSA) is 70.3 Å². The molecular weight excluding hydrogens is 228 g/mol. The van der Waals surface area contributed by atoms with Crippen LogP contribution in [0.25, 0.3) is 0 Å². The Balaban J connectivity index is 1.92. The Morgan fingerprint density at radius 3 is 3.00 bits per heavy atom. The van der Waals surface area contributed by atoms with Crippen molar-refractivity contribution in [2.75, 3.05) is 50.5 Å². The molecular formula is C12H22N6. The third-order valence-corrected chi connectivity index (χ3v) is 3.07. The summed E-state index contributed by atoms with van der Waals surface area (Å²) in [5.74, 6) is 1.84. The van der Waals surface area contributed by atoms with Gasteiger partial charge in [0.25, 0.3) is 0 Å². The van der Waals surface area contributed by atoms with E-state index in [2.05, 4.69) is 39.2 Å². The molecule has 0 aliphatic carbocycles. The number of hydrogen-bond acceptors (Lipinski definition) is 6. The monoisotopic (exact) mass is 250 g/mol. The summed E-state index contributed by atoms with van der Waals surface area (Å²) in [6.07, 6.45) is 2.64. The van der Waals surface area contributed by atoms with E-state index in [1.165, 1.54) is 0 Å². The summed E-state index contributed by atoms with van der Waals surface area (Å²) in [7, 11) is 4.11. The second-order valence-corrected chi connectivity index (χ2v) is 4.99. The minimum atomic E-state index is 0.269. The molecule has 6 heteroatoms. The Hall–Kier alpha value is -1.40. The van der Waals surface area contributed by atoms with Crippen LogP contribution in [0.1, 0.15) is 6.42 Å². The number of rotatable bonds is 5. The van der Waals surface area contributed by atoms with Gasteiger partial charge in [0.05, 0.1) is 0 Å². The summed E-state index contributed by atoms with van der Waals surface area (Å²) in [4.78, 5) is 12.9. The van der Waals surface area contributed by atoms with Crippen molar-refractivity contribution < 1.29 is 0 Å². The van der Waals surface area contributed by atoms with Crippen molar-refractivity contribution in [2.24, 2.45) is 5.73 Å². The van der Waals surface area contributed by atoms with Crippen molar-refractivity contribution in [3.8, 4) is 0 Å². The summed E-state index contributed by atoms with van der Waals surface area (Å²) in [6.45, 7) is 3.72. The molecule has 1 atom stereocenters. The van der Waals surface area contributed by atoms with Gasteiger partial charge in [0.1, 0.15) is 18.0 Å². The minimum absolute atomic E-state index is 0.269. The Kier molecular flexibility index (Phi) is 4.33. The quantitative estimate of drug-likeness (QED) is 0.766. The molecule has 0 amide bonds. The van der Waals surface area contributed by atoms with E-state index in [9.17, 15) is 0 Å². The zero-order valence-corrected chi connectivity index (χ0v) is 11.1. The standard InChI is InChI=1S/C12H22N6/c1-17(2)6-4-14-11-7-12(16-9-15-11)18-5-3-10(13)8-18/h7,9-10H,3-6,8,13H2,1-2H3,(H,14,15,16). The highest BCUT2D eigenvalue weighted by Gasteiger charge is 2.20. The molecule has 2 rings (SSSR count). The maximum absolute atomic E-state index is 5.91. The van der Waals surface area contributed by atoms with Crippen LogP contribution < -0.4 is 16.0 Å². The fraction of sp³-hybridized carbons (Fsp3) is 0.667. The van der Waals surface area contributed by atoms with Crippen LogP contribution in [-0.4, -0.2) is 61.2 Å². The van der Waals surface area contributed by atoms with Crippen molar-refractivity contribution in [1.82, 2.24) is 14.9 Å². The van der Waals surface area contributed by atoms with E-state index < -0.39 is 0 Å².